The van der Waals surface area contributed by atoms with Crippen LogP contribution >= 0.6 is 0 Å². The molecule has 0 spiro atoms. The topological polar surface area (TPSA) is 46.2 Å². The number of benzene rings is 1. The molecule has 0 aromatic heterocycles. The Morgan fingerprint density at radius 1 is 1.46 bits per heavy atom. The lowest BCUT2D eigenvalue weighted by Gasteiger charge is -2.23. The van der Waals surface area contributed by atoms with Crippen LogP contribution in [0.5, 0.6) is 5.75 Å². The van der Waals surface area contributed by atoms with E-state index in [1.54, 1.807) is 6.07 Å². The lowest BCUT2D eigenvalue weighted by atomic mass is 9.83. The molecule has 3 N–H and O–H groups in total. The van der Waals surface area contributed by atoms with Crippen LogP contribution in [0, 0.1) is 5.92 Å². The van der Waals surface area contributed by atoms with Crippen molar-refractivity contribution in [1.29, 1.82) is 0 Å². The van der Waals surface area contributed by atoms with Crippen molar-refractivity contribution in [3.8, 4) is 5.75 Å². The largest absolute Gasteiger partial charge is 0.508 e. The zero-order valence-corrected chi connectivity index (χ0v) is 7.66. The molecule has 0 amide bonds. The Bertz CT molecular complexity index is 309. The van der Waals surface area contributed by atoms with Crippen LogP contribution in [0.1, 0.15) is 17.5 Å². The predicted octanol–water partition coefficient (Wildman–Crippen LogP) is 1.46. The third-order valence-corrected chi connectivity index (χ3v) is 2.89. The quantitative estimate of drug-likeness (QED) is 0.682. The van der Waals surface area contributed by atoms with Crippen molar-refractivity contribution in [2.45, 2.75) is 19.3 Å². The molecule has 0 radical (unpaired) electrons. The number of rotatable bonds is 1. The molecule has 1 aromatic carbocycles. The molecular weight excluding hydrogens is 162 g/mol. The Morgan fingerprint density at radius 3 is 3.08 bits per heavy atom. The fourth-order valence-corrected chi connectivity index (χ4v) is 2.06. The summed E-state index contributed by atoms with van der Waals surface area (Å²) in [4.78, 5) is 0. The average molecular weight is 177 g/mol. The van der Waals surface area contributed by atoms with E-state index in [0.717, 1.165) is 31.4 Å². The van der Waals surface area contributed by atoms with Crippen molar-refractivity contribution >= 4 is 0 Å². The fraction of sp³-hybridized carbons (Fsp3) is 0.455. The van der Waals surface area contributed by atoms with Crippen molar-refractivity contribution in [3.63, 3.8) is 0 Å². The Morgan fingerprint density at radius 2 is 2.31 bits per heavy atom. The third-order valence-electron chi connectivity index (χ3n) is 2.89. The van der Waals surface area contributed by atoms with Gasteiger partial charge in [-0.15, -0.1) is 0 Å². The maximum absolute atomic E-state index is 9.58. The molecule has 2 rings (SSSR count). The summed E-state index contributed by atoms with van der Waals surface area (Å²) in [6.07, 6.45) is 3.12. The Hall–Kier alpha value is -1.02. The Kier molecular flexibility index (Phi) is 2.23. The lowest BCUT2D eigenvalue weighted by Crippen LogP contribution is -2.22. The highest BCUT2D eigenvalue weighted by molar-refractivity contribution is 5.40. The Balaban J connectivity index is 2.31. The summed E-state index contributed by atoms with van der Waals surface area (Å²) in [5.41, 5.74) is 8.05. The molecule has 2 nitrogen and oxygen atoms in total. The van der Waals surface area contributed by atoms with E-state index < -0.39 is 0 Å². The van der Waals surface area contributed by atoms with Gasteiger partial charge in [0.2, 0.25) is 0 Å². The first-order valence-corrected chi connectivity index (χ1v) is 4.81. The van der Waals surface area contributed by atoms with E-state index in [-0.39, 0.29) is 0 Å². The van der Waals surface area contributed by atoms with Crippen molar-refractivity contribution < 1.29 is 5.11 Å². The van der Waals surface area contributed by atoms with Crippen molar-refractivity contribution in [2.24, 2.45) is 11.7 Å². The SMILES string of the molecule is NCC1CCc2c(O)cccc2C1. The summed E-state index contributed by atoms with van der Waals surface area (Å²) < 4.78 is 0. The van der Waals surface area contributed by atoms with Gasteiger partial charge in [0.05, 0.1) is 0 Å². The van der Waals surface area contributed by atoms with E-state index in [1.807, 2.05) is 6.07 Å². The lowest BCUT2D eigenvalue weighted by molar-refractivity contribution is 0.433. The number of hydrogen-bond donors (Lipinski definition) is 2. The van der Waals surface area contributed by atoms with Gasteiger partial charge in [-0.1, -0.05) is 12.1 Å². The third kappa shape index (κ3) is 1.54. The number of phenolic OH excluding ortho intramolecular Hbond substituents is 1. The second-order valence-corrected chi connectivity index (χ2v) is 3.76. The van der Waals surface area contributed by atoms with Gasteiger partial charge in [0.25, 0.3) is 0 Å². The molecule has 1 aliphatic rings. The maximum atomic E-state index is 9.58. The summed E-state index contributed by atoms with van der Waals surface area (Å²) in [5, 5.41) is 9.58. The number of fused-ring (bicyclic) bond motifs is 1. The van der Waals surface area contributed by atoms with Crippen LogP contribution in [0.3, 0.4) is 0 Å². The standard InChI is InChI=1S/C11H15NO/c12-7-8-4-5-10-9(6-8)2-1-3-11(10)13/h1-3,8,13H,4-7,12H2. The molecule has 0 heterocycles. The first kappa shape index (κ1) is 8.57. The van der Waals surface area contributed by atoms with Crippen molar-refractivity contribution in [2.75, 3.05) is 6.54 Å². The molecule has 0 aliphatic heterocycles. The van der Waals surface area contributed by atoms with Crippen LogP contribution in [-0.2, 0) is 12.8 Å². The summed E-state index contributed by atoms with van der Waals surface area (Å²) in [7, 11) is 0. The molecule has 0 fully saturated rings. The molecule has 1 unspecified atom stereocenters. The first-order valence-electron chi connectivity index (χ1n) is 4.81. The van der Waals surface area contributed by atoms with E-state index in [4.69, 9.17) is 5.73 Å². The number of nitrogens with two attached hydrogens (primary N) is 1. The minimum absolute atomic E-state index is 0.452. The van der Waals surface area contributed by atoms with Gasteiger partial charge in [-0.3, -0.25) is 0 Å². The van der Waals surface area contributed by atoms with E-state index in [0.29, 0.717) is 11.7 Å². The van der Waals surface area contributed by atoms with Crippen LogP contribution in [0.2, 0.25) is 0 Å². The number of phenols is 1. The maximum Gasteiger partial charge on any atom is 0.119 e. The van der Waals surface area contributed by atoms with Gasteiger partial charge < -0.3 is 10.8 Å². The van der Waals surface area contributed by atoms with Crippen LogP contribution < -0.4 is 5.73 Å². The minimum Gasteiger partial charge on any atom is -0.508 e. The second kappa shape index (κ2) is 3.38. The summed E-state index contributed by atoms with van der Waals surface area (Å²) in [6.45, 7) is 0.759. The van der Waals surface area contributed by atoms with E-state index in [2.05, 4.69) is 6.07 Å². The van der Waals surface area contributed by atoms with Gasteiger partial charge in [0, 0.05) is 0 Å². The van der Waals surface area contributed by atoms with Gasteiger partial charge in [-0.05, 0) is 48.9 Å². The minimum atomic E-state index is 0.452. The van der Waals surface area contributed by atoms with Crippen LogP contribution in [0.15, 0.2) is 18.2 Å². The summed E-state index contributed by atoms with van der Waals surface area (Å²) in [5.74, 6) is 1.06. The Labute approximate surface area is 78.4 Å². The number of aromatic hydroxyl groups is 1. The number of hydrogen-bond acceptors (Lipinski definition) is 2. The molecule has 1 aromatic rings. The molecule has 2 heteroatoms. The van der Waals surface area contributed by atoms with Gasteiger partial charge >= 0.3 is 0 Å². The van der Waals surface area contributed by atoms with E-state index in [1.165, 1.54) is 5.56 Å². The first-order chi connectivity index (χ1) is 6.31. The second-order valence-electron chi connectivity index (χ2n) is 3.76. The zero-order valence-electron chi connectivity index (χ0n) is 7.66. The smallest absolute Gasteiger partial charge is 0.119 e. The molecule has 0 saturated heterocycles. The van der Waals surface area contributed by atoms with Gasteiger partial charge in [0.15, 0.2) is 0 Å². The highest BCUT2D eigenvalue weighted by Crippen LogP contribution is 2.30. The van der Waals surface area contributed by atoms with Crippen LogP contribution in [-0.4, -0.2) is 11.7 Å². The average Bonchev–Trinajstić information content (AvgIpc) is 2.18. The normalized spacial score (nSPS) is 21.2. The molecule has 1 atom stereocenters. The molecule has 70 valence electrons. The fourth-order valence-electron chi connectivity index (χ4n) is 2.06. The van der Waals surface area contributed by atoms with Gasteiger partial charge in [-0.2, -0.15) is 0 Å². The monoisotopic (exact) mass is 177 g/mol. The van der Waals surface area contributed by atoms with Gasteiger partial charge in [-0.25, -0.2) is 0 Å². The highest BCUT2D eigenvalue weighted by Gasteiger charge is 2.19. The highest BCUT2D eigenvalue weighted by atomic mass is 16.3. The van der Waals surface area contributed by atoms with E-state index >= 15 is 0 Å². The van der Waals surface area contributed by atoms with Crippen LogP contribution in [0.25, 0.3) is 0 Å². The van der Waals surface area contributed by atoms with Crippen LogP contribution in [0.4, 0.5) is 0 Å². The van der Waals surface area contributed by atoms with Gasteiger partial charge in [0.1, 0.15) is 5.75 Å². The molecule has 13 heavy (non-hydrogen) atoms. The summed E-state index contributed by atoms with van der Waals surface area (Å²) in [6, 6.07) is 5.77. The summed E-state index contributed by atoms with van der Waals surface area (Å²) >= 11 is 0. The molecule has 0 saturated carbocycles. The molecule has 1 aliphatic carbocycles. The predicted molar refractivity (Wildman–Crippen MR) is 52.7 cm³/mol. The van der Waals surface area contributed by atoms with Crippen molar-refractivity contribution in [1.82, 2.24) is 0 Å². The molecular formula is C11H15NO. The zero-order chi connectivity index (χ0) is 9.26. The molecule has 0 bridgehead atoms. The van der Waals surface area contributed by atoms with E-state index in [9.17, 15) is 5.11 Å². The van der Waals surface area contributed by atoms with Crippen molar-refractivity contribution in [3.05, 3.63) is 29.3 Å².